The third-order valence-electron chi connectivity index (χ3n) is 3.91. The lowest BCUT2D eigenvalue weighted by atomic mass is 10.0. The number of aliphatic hydroxyl groups is 1. The highest BCUT2D eigenvalue weighted by atomic mass is 19.1. The molecule has 2 aromatic carbocycles. The number of hydrogen-bond donors (Lipinski definition) is 1. The van der Waals surface area contributed by atoms with Crippen LogP contribution in [0, 0.1) is 0 Å². The minimum absolute atomic E-state index is 0.231. The molecule has 1 N–H and O–H groups in total. The first-order valence-corrected chi connectivity index (χ1v) is 8.02. The van der Waals surface area contributed by atoms with Crippen LogP contribution in [0.25, 0.3) is 0 Å². The number of carbonyl (C=O) groups excluding carboxylic acids is 2. The van der Waals surface area contributed by atoms with Crippen LogP contribution in [0.15, 0.2) is 60.7 Å². The average molecular weight is 360 g/mol. The van der Waals surface area contributed by atoms with E-state index in [-0.39, 0.29) is 17.7 Å². The fourth-order valence-electron chi connectivity index (χ4n) is 2.54. The van der Waals surface area contributed by atoms with Crippen LogP contribution >= 0.6 is 0 Å². The van der Waals surface area contributed by atoms with Crippen molar-refractivity contribution in [1.29, 1.82) is 0 Å². The van der Waals surface area contributed by atoms with E-state index in [4.69, 9.17) is 14.2 Å². The van der Waals surface area contributed by atoms with Gasteiger partial charge in [-0.15, -0.1) is 0 Å². The van der Waals surface area contributed by atoms with Crippen LogP contribution in [0.4, 0.5) is 4.39 Å². The lowest BCUT2D eigenvalue weighted by Crippen LogP contribution is -2.54. The minimum atomic E-state index is -2.05. The molecule has 0 radical (unpaired) electrons. The number of rotatable bonds is 4. The number of benzene rings is 2. The van der Waals surface area contributed by atoms with Gasteiger partial charge in [-0.3, -0.25) is 0 Å². The standard InChI is InChI=1S/C19H17FO6/c20-17-15(21)16(26-19(23)13-9-5-2-6-10-13)14(11-24-17)25-18(22)12-7-3-1-4-8-12/h1-10,14-17,21H,11H2/t14-,15+,16+,17+/m1/s1. The van der Waals surface area contributed by atoms with Crippen LogP contribution in [0.3, 0.4) is 0 Å². The summed E-state index contributed by atoms with van der Waals surface area (Å²) in [5.41, 5.74) is 0.507. The number of alkyl halides is 1. The van der Waals surface area contributed by atoms with E-state index in [1.54, 1.807) is 48.5 Å². The highest BCUT2D eigenvalue weighted by Crippen LogP contribution is 2.23. The maximum absolute atomic E-state index is 13.7. The highest BCUT2D eigenvalue weighted by molar-refractivity contribution is 5.90. The quantitative estimate of drug-likeness (QED) is 0.841. The summed E-state index contributed by atoms with van der Waals surface area (Å²) in [6.45, 7) is -0.344. The van der Waals surface area contributed by atoms with Gasteiger partial charge in [0.05, 0.1) is 17.7 Å². The Kier molecular flexibility index (Phi) is 5.60. The van der Waals surface area contributed by atoms with Gasteiger partial charge >= 0.3 is 11.9 Å². The Bertz CT molecular complexity index is 751. The molecule has 0 unspecified atom stereocenters. The molecule has 4 atom stereocenters. The second-order valence-corrected chi connectivity index (χ2v) is 5.72. The summed E-state index contributed by atoms with van der Waals surface area (Å²) in [7, 11) is 0. The number of esters is 2. The van der Waals surface area contributed by atoms with Gasteiger partial charge in [-0.1, -0.05) is 36.4 Å². The summed E-state index contributed by atoms with van der Waals surface area (Å²) < 4.78 is 29.0. The Hall–Kier alpha value is -2.77. The zero-order chi connectivity index (χ0) is 18.5. The van der Waals surface area contributed by atoms with E-state index in [0.717, 1.165) is 0 Å². The molecule has 3 rings (SSSR count). The fourth-order valence-corrected chi connectivity index (χ4v) is 2.54. The van der Waals surface area contributed by atoms with Crippen molar-refractivity contribution in [1.82, 2.24) is 0 Å². The van der Waals surface area contributed by atoms with E-state index in [2.05, 4.69) is 0 Å². The molecule has 0 aromatic heterocycles. The zero-order valence-corrected chi connectivity index (χ0v) is 13.7. The summed E-state index contributed by atoms with van der Waals surface area (Å²) in [4.78, 5) is 24.4. The number of hydrogen-bond acceptors (Lipinski definition) is 6. The highest BCUT2D eigenvalue weighted by Gasteiger charge is 2.44. The van der Waals surface area contributed by atoms with Crippen LogP contribution in [0.2, 0.25) is 0 Å². The second-order valence-electron chi connectivity index (χ2n) is 5.72. The molecule has 1 fully saturated rings. The van der Waals surface area contributed by atoms with Gasteiger partial charge in [0, 0.05) is 0 Å². The molecular weight excluding hydrogens is 343 g/mol. The first-order valence-electron chi connectivity index (χ1n) is 8.02. The van der Waals surface area contributed by atoms with Crippen molar-refractivity contribution in [3.05, 3.63) is 71.8 Å². The smallest absolute Gasteiger partial charge is 0.338 e. The molecule has 1 heterocycles. The summed E-state index contributed by atoms with van der Waals surface area (Å²) in [5.74, 6) is -1.45. The molecule has 7 heteroatoms. The van der Waals surface area contributed by atoms with Crippen molar-refractivity contribution in [3.63, 3.8) is 0 Å². The van der Waals surface area contributed by atoms with Crippen LogP contribution in [-0.2, 0) is 14.2 Å². The molecule has 1 saturated heterocycles. The third-order valence-corrected chi connectivity index (χ3v) is 3.91. The Labute approximate surface area is 149 Å². The van der Waals surface area contributed by atoms with Gasteiger partial charge in [0.15, 0.2) is 18.3 Å². The first-order chi connectivity index (χ1) is 12.6. The maximum atomic E-state index is 13.7. The Morgan fingerprint density at radius 3 is 1.96 bits per heavy atom. The number of aliphatic hydroxyl groups excluding tert-OH is 1. The molecule has 1 aliphatic rings. The summed E-state index contributed by atoms with van der Waals surface area (Å²) in [5, 5.41) is 10.0. The van der Waals surface area contributed by atoms with Crippen LogP contribution in [0.1, 0.15) is 20.7 Å². The van der Waals surface area contributed by atoms with Crippen molar-refractivity contribution in [2.24, 2.45) is 0 Å². The third kappa shape index (κ3) is 4.07. The van der Waals surface area contributed by atoms with Crippen molar-refractivity contribution >= 4 is 11.9 Å². The lowest BCUT2D eigenvalue weighted by molar-refractivity contribution is -0.224. The van der Waals surface area contributed by atoms with Crippen molar-refractivity contribution in [3.8, 4) is 0 Å². The normalized spacial score (nSPS) is 25.3. The van der Waals surface area contributed by atoms with E-state index in [1.165, 1.54) is 12.1 Å². The van der Waals surface area contributed by atoms with Gasteiger partial charge in [-0.05, 0) is 24.3 Å². The predicted octanol–water partition coefficient (Wildman–Crippen LogP) is 2.12. The molecule has 2 aromatic rings. The van der Waals surface area contributed by atoms with Crippen LogP contribution in [-0.4, -0.2) is 48.3 Å². The maximum Gasteiger partial charge on any atom is 0.338 e. The first kappa shape index (κ1) is 18.0. The Morgan fingerprint density at radius 2 is 1.42 bits per heavy atom. The molecule has 1 aliphatic heterocycles. The molecule has 0 bridgehead atoms. The number of carbonyl (C=O) groups is 2. The van der Waals surface area contributed by atoms with Crippen molar-refractivity contribution < 1.29 is 33.3 Å². The van der Waals surface area contributed by atoms with Gasteiger partial charge in [-0.25, -0.2) is 14.0 Å². The van der Waals surface area contributed by atoms with Gasteiger partial charge < -0.3 is 19.3 Å². The average Bonchev–Trinajstić information content (AvgIpc) is 2.68. The van der Waals surface area contributed by atoms with E-state index in [0.29, 0.717) is 0 Å². The van der Waals surface area contributed by atoms with E-state index >= 15 is 0 Å². The monoisotopic (exact) mass is 360 g/mol. The van der Waals surface area contributed by atoms with E-state index in [9.17, 15) is 19.1 Å². The molecule has 0 aliphatic carbocycles. The molecule has 0 amide bonds. The van der Waals surface area contributed by atoms with Gasteiger partial charge in [-0.2, -0.15) is 0 Å². The topological polar surface area (TPSA) is 82.1 Å². The van der Waals surface area contributed by atoms with E-state index < -0.39 is 36.6 Å². The van der Waals surface area contributed by atoms with Crippen LogP contribution in [0.5, 0.6) is 0 Å². The minimum Gasteiger partial charge on any atom is -0.452 e. The SMILES string of the molecule is O=C(O[C@@H]1[C@H](O)[C@@H](F)OC[C@H]1OC(=O)c1ccccc1)c1ccccc1. The van der Waals surface area contributed by atoms with Crippen molar-refractivity contribution in [2.75, 3.05) is 6.61 Å². The largest absolute Gasteiger partial charge is 0.452 e. The molecule has 0 saturated carbocycles. The van der Waals surface area contributed by atoms with Crippen LogP contribution < -0.4 is 0 Å². The van der Waals surface area contributed by atoms with Gasteiger partial charge in [0.2, 0.25) is 6.36 Å². The molecule has 26 heavy (non-hydrogen) atoms. The number of ether oxygens (including phenoxy) is 3. The Morgan fingerprint density at radius 1 is 0.923 bits per heavy atom. The summed E-state index contributed by atoms with van der Waals surface area (Å²) in [6.07, 6.45) is -6.35. The molecule has 6 nitrogen and oxygen atoms in total. The lowest BCUT2D eigenvalue weighted by Gasteiger charge is -2.35. The predicted molar refractivity (Wildman–Crippen MR) is 88.1 cm³/mol. The van der Waals surface area contributed by atoms with Gasteiger partial charge in [0.25, 0.3) is 0 Å². The fraction of sp³-hybridized carbons (Fsp3) is 0.263. The molecular formula is C19H17FO6. The number of halogens is 1. The second kappa shape index (κ2) is 8.07. The summed E-state index contributed by atoms with van der Waals surface area (Å²) >= 11 is 0. The summed E-state index contributed by atoms with van der Waals surface area (Å²) in [6, 6.07) is 16.2. The van der Waals surface area contributed by atoms with Gasteiger partial charge in [0.1, 0.15) is 0 Å². The van der Waals surface area contributed by atoms with E-state index in [1.807, 2.05) is 0 Å². The molecule has 0 spiro atoms. The Balaban J connectivity index is 1.74. The van der Waals surface area contributed by atoms with Crippen molar-refractivity contribution in [2.45, 2.75) is 24.7 Å². The zero-order valence-electron chi connectivity index (χ0n) is 13.7. The molecule has 136 valence electrons.